The molecule has 0 radical (unpaired) electrons. The lowest BCUT2D eigenvalue weighted by Gasteiger charge is -2.21. The number of fused-ring (bicyclic) bond motifs is 1. The third kappa shape index (κ3) is 3.48. The number of hydrogen-bond acceptors (Lipinski definition) is 6. The van der Waals surface area contributed by atoms with Gasteiger partial charge in [-0.25, -0.2) is 13.4 Å². The summed E-state index contributed by atoms with van der Waals surface area (Å²) in [4.78, 5) is 27.0. The fraction of sp³-hybridized carbons (Fsp3) is 0.333. The molecule has 10 heteroatoms. The lowest BCUT2D eigenvalue weighted by molar-refractivity contribution is 0.0764. The Kier molecular flexibility index (Phi) is 4.82. The summed E-state index contributed by atoms with van der Waals surface area (Å²) in [6.07, 6.45) is 6.70. The van der Waals surface area contributed by atoms with Gasteiger partial charge >= 0.3 is 0 Å². The van der Waals surface area contributed by atoms with Crippen LogP contribution in [-0.4, -0.2) is 69.2 Å². The quantitative estimate of drug-likeness (QED) is 0.647. The molecule has 4 rings (SSSR count). The molecule has 28 heavy (non-hydrogen) atoms. The molecule has 1 fully saturated rings. The van der Waals surface area contributed by atoms with Gasteiger partial charge in [0, 0.05) is 57.4 Å². The first kappa shape index (κ1) is 18.5. The van der Waals surface area contributed by atoms with Crippen LogP contribution in [0.15, 0.2) is 48.1 Å². The van der Waals surface area contributed by atoms with Crippen molar-refractivity contribution in [2.45, 2.75) is 11.4 Å². The van der Waals surface area contributed by atoms with Gasteiger partial charge in [0.05, 0.1) is 17.4 Å². The highest BCUT2D eigenvalue weighted by atomic mass is 32.2. The summed E-state index contributed by atoms with van der Waals surface area (Å²) in [7, 11) is -1.94. The summed E-state index contributed by atoms with van der Waals surface area (Å²) in [5, 5.41) is 0.0304. The van der Waals surface area contributed by atoms with Gasteiger partial charge in [0.15, 0.2) is 5.03 Å². The minimum absolute atomic E-state index is 0.0304. The Morgan fingerprint density at radius 2 is 1.79 bits per heavy atom. The van der Waals surface area contributed by atoms with E-state index in [1.165, 1.54) is 16.8 Å². The summed E-state index contributed by atoms with van der Waals surface area (Å²) >= 11 is 0. The average Bonchev–Trinajstić information content (AvgIpc) is 2.99. The number of hydrogen-bond donors (Lipinski definition) is 0. The number of carbonyl (C=O) groups excluding carboxylic acids is 1. The number of carbonyl (C=O) groups is 1. The van der Waals surface area contributed by atoms with Crippen LogP contribution in [0.3, 0.4) is 0 Å². The number of benzene rings is 1. The fourth-order valence-electron chi connectivity index (χ4n) is 3.27. The molecule has 3 heterocycles. The van der Waals surface area contributed by atoms with Gasteiger partial charge in [0.1, 0.15) is 0 Å². The van der Waals surface area contributed by atoms with E-state index < -0.39 is 10.0 Å². The molecule has 1 saturated heterocycles. The molecule has 9 nitrogen and oxygen atoms in total. The van der Waals surface area contributed by atoms with Gasteiger partial charge in [0.2, 0.25) is 0 Å². The Hall–Kier alpha value is -2.85. The van der Waals surface area contributed by atoms with Crippen LogP contribution in [0.2, 0.25) is 0 Å². The molecule has 0 saturated carbocycles. The maximum Gasteiger partial charge on any atom is 0.262 e. The number of aryl methyl sites for hydroxylation is 1. The van der Waals surface area contributed by atoms with Gasteiger partial charge in [-0.05, 0) is 24.6 Å². The highest BCUT2D eigenvalue weighted by Crippen LogP contribution is 2.18. The molecule has 0 unspecified atom stereocenters. The Morgan fingerprint density at radius 1 is 1.00 bits per heavy atom. The van der Waals surface area contributed by atoms with E-state index in [0.29, 0.717) is 37.1 Å². The molecule has 0 bridgehead atoms. The smallest absolute Gasteiger partial charge is 0.262 e. The van der Waals surface area contributed by atoms with Crippen molar-refractivity contribution in [3.05, 3.63) is 48.7 Å². The number of amides is 1. The van der Waals surface area contributed by atoms with Crippen molar-refractivity contribution in [3.63, 3.8) is 0 Å². The average molecular weight is 400 g/mol. The summed E-state index contributed by atoms with van der Waals surface area (Å²) in [6, 6.07) is 5.22. The minimum atomic E-state index is -3.66. The van der Waals surface area contributed by atoms with Crippen molar-refractivity contribution < 1.29 is 13.2 Å². The van der Waals surface area contributed by atoms with Crippen LogP contribution >= 0.6 is 0 Å². The lowest BCUT2D eigenvalue weighted by Crippen LogP contribution is -2.37. The molecule has 0 aliphatic carbocycles. The van der Waals surface area contributed by atoms with E-state index >= 15 is 0 Å². The molecule has 3 aromatic rings. The van der Waals surface area contributed by atoms with Crippen molar-refractivity contribution in [1.29, 1.82) is 0 Å². The zero-order valence-electron chi connectivity index (χ0n) is 15.4. The monoisotopic (exact) mass is 400 g/mol. The van der Waals surface area contributed by atoms with Crippen LogP contribution in [0.5, 0.6) is 0 Å². The number of rotatable bonds is 3. The second-order valence-electron chi connectivity index (χ2n) is 6.69. The Balaban J connectivity index is 1.51. The first-order valence-electron chi connectivity index (χ1n) is 8.93. The van der Waals surface area contributed by atoms with Gasteiger partial charge in [-0.1, -0.05) is 0 Å². The first-order chi connectivity index (χ1) is 13.4. The Labute approximate surface area is 162 Å². The molecule has 2 aromatic heterocycles. The van der Waals surface area contributed by atoms with Gasteiger partial charge in [-0.3, -0.25) is 14.8 Å². The van der Waals surface area contributed by atoms with Crippen molar-refractivity contribution in [1.82, 2.24) is 28.7 Å². The van der Waals surface area contributed by atoms with Gasteiger partial charge in [-0.15, -0.1) is 0 Å². The summed E-state index contributed by atoms with van der Waals surface area (Å²) < 4.78 is 28.6. The molecule has 0 spiro atoms. The topological polar surface area (TPSA) is 101 Å². The van der Waals surface area contributed by atoms with Crippen molar-refractivity contribution in [3.8, 4) is 0 Å². The molecular weight excluding hydrogens is 380 g/mol. The predicted octanol–water partition coefficient (Wildman–Crippen LogP) is 0.900. The lowest BCUT2D eigenvalue weighted by atomic mass is 10.1. The van der Waals surface area contributed by atoms with Crippen molar-refractivity contribution in [2.75, 3.05) is 26.2 Å². The Morgan fingerprint density at radius 3 is 2.54 bits per heavy atom. The van der Waals surface area contributed by atoms with E-state index in [1.54, 1.807) is 47.1 Å². The van der Waals surface area contributed by atoms with E-state index in [2.05, 4.69) is 15.0 Å². The van der Waals surface area contributed by atoms with Crippen LogP contribution < -0.4 is 0 Å². The molecule has 146 valence electrons. The number of imidazole rings is 1. The van der Waals surface area contributed by atoms with Gasteiger partial charge in [-0.2, -0.15) is 4.31 Å². The van der Waals surface area contributed by atoms with Gasteiger partial charge in [0.25, 0.3) is 15.9 Å². The fourth-order valence-corrected chi connectivity index (χ4v) is 4.71. The maximum atomic E-state index is 12.9. The van der Waals surface area contributed by atoms with Crippen LogP contribution in [0.4, 0.5) is 0 Å². The van der Waals surface area contributed by atoms with E-state index in [4.69, 9.17) is 0 Å². The molecule has 0 N–H and O–H groups in total. The zero-order valence-corrected chi connectivity index (χ0v) is 16.2. The molecule has 1 aliphatic heterocycles. The van der Waals surface area contributed by atoms with E-state index in [0.717, 1.165) is 5.52 Å². The number of aromatic nitrogens is 4. The van der Waals surface area contributed by atoms with Gasteiger partial charge < -0.3 is 9.47 Å². The summed E-state index contributed by atoms with van der Waals surface area (Å²) in [5.74, 6) is -0.135. The van der Waals surface area contributed by atoms with Crippen molar-refractivity contribution >= 4 is 27.0 Å². The summed E-state index contributed by atoms with van der Waals surface area (Å²) in [6.45, 7) is 1.40. The van der Waals surface area contributed by atoms with Crippen LogP contribution in [0.1, 0.15) is 16.8 Å². The highest BCUT2D eigenvalue weighted by molar-refractivity contribution is 7.89. The first-order valence-corrected chi connectivity index (χ1v) is 10.4. The van der Waals surface area contributed by atoms with Crippen LogP contribution in [-0.2, 0) is 17.1 Å². The Bertz CT molecular complexity index is 1130. The second-order valence-corrected chi connectivity index (χ2v) is 8.57. The SMILES string of the molecule is Cn1cnc(S(=O)(=O)N2CCCN(C(=O)c3ccc4nccnc4c3)CC2)c1. The minimum Gasteiger partial charge on any atom is -0.339 e. The van der Waals surface area contributed by atoms with E-state index in [9.17, 15) is 13.2 Å². The molecular formula is C18H20N6O3S. The largest absolute Gasteiger partial charge is 0.339 e. The second kappa shape index (κ2) is 7.28. The number of nitrogens with zero attached hydrogens (tertiary/aromatic N) is 6. The molecule has 0 atom stereocenters. The highest BCUT2D eigenvalue weighted by Gasteiger charge is 2.30. The predicted molar refractivity (Wildman–Crippen MR) is 102 cm³/mol. The van der Waals surface area contributed by atoms with Crippen LogP contribution in [0.25, 0.3) is 11.0 Å². The normalized spacial score (nSPS) is 16.2. The maximum absolute atomic E-state index is 12.9. The third-order valence-corrected chi connectivity index (χ3v) is 6.53. The summed E-state index contributed by atoms with van der Waals surface area (Å²) in [5.41, 5.74) is 1.90. The van der Waals surface area contributed by atoms with E-state index in [1.807, 2.05) is 0 Å². The van der Waals surface area contributed by atoms with Crippen molar-refractivity contribution in [2.24, 2.45) is 7.05 Å². The zero-order chi connectivity index (χ0) is 19.7. The third-order valence-electron chi connectivity index (χ3n) is 4.74. The standard InChI is InChI=1S/C18H20N6O3S/c1-22-12-17(21-13-22)28(26,27)24-8-2-7-23(9-10-24)18(25)14-3-4-15-16(11-14)20-6-5-19-15/h3-6,11-13H,2,7-10H2,1H3. The molecule has 1 amide bonds. The molecule has 1 aliphatic rings. The molecule has 1 aromatic carbocycles. The van der Waals surface area contributed by atoms with E-state index in [-0.39, 0.29) is 17.5 Å². The van der Waals surface area contributed by atoms with Crippen LogP contribution in [0, 0.1) is 0 Å². The number of sulfonamides is 1.